The highest BCUT2D eigenvalue weighted by atomic mass is 35.5. The van der Waals surface area contributed by atoms with Crippen molar-refractivity contribution in [2.24, 2.45) is 0 Å². The Bertz CT molecular complexity index is 756. The Balaban J connectivity index is 2.38. The lowest BCUT2D eigenvalue weighted by molar-refractivity contribution is 0.403. The van der Waals surface area contributed by atoms with Crippen LogP contribution in [0.4, 0.5) is 5.69 Å². The zero-order valence-corrected chi connectivity index (χ0v) is 14.4. The van der Waals surface area contributed by atoms with Crippen LogP contribution >= 0.6 is 22.9 Å². The fraction of sp³-hybridized carbons (Fsp3) is 0.286. The van der Waals surface area contributed by atoms with Gasteiger partial charge in [-0.05, 0) is 44.2 Å². The Morgan fingerprint density at radius 2 is 1.95 bits per heavy atom. The van der Waals surface area contributed by atoms with Crippen LogP contribution in [0.1, 0.15) is 22.7 Å². The first-order valence-corrected chi connectivity index (χ1v) is 8.96. The molecule has 7 heteroatoms. The number of aryl methyl sites for hydroxylation is 1. The van der Waals surface area contributed by atoms with E-state index in [0.29, 0.717) is 5.02 Å². The molecule has 0 aliphatic carbocycles. The summed E-state index contributed by atoms with van der Waals surface area (Å²) in [4.78, 5) is 2.22. The molecule has 1 atom stereocenters. The highest BCUT2D eigenvalue weighted by Gasteiger charge is 2.28. The van der Waals surface area contributed by atoms with Crippen molar-refractivity contribution >= 4 is 38.6 Å². The molecule has 2 aromatic rings. The first-order valence-electron chi connectivity index (χ1n) is 6.33. The first-order chi connectivity index (χ1) is 9.73. The lowest BCUT2D eigenvalue weighted by Crippen LogP contribution is -2.30. The van der Waals surface area contributed by atoms with Crippen LogP contribution in [0.3, 0.4) is 0 Å². The summed E-state index contributed by atoms with van der Waals surface area (Å²) in [5.41, 5.74) is 5.96. The maximum atomic E-state index is 12.7. The van der Waals surface area contributed by atoms with Gasteiger partial charge in [0.15, 0.2) is 0 Å². The summed E-state index contributed by atoms with van der Waals surface area (Å²) in [5, 5.41) is 0.413. The Hall–Kier alpha value is -1.08. The molecule has 0 spiro atoms. The van der Waals surface area contributed by atoms with Crippen molar-refractivity contribution in [1.82, 2.24) is 4.31 Å². The number of benzene rings is 1. The fourth-order valence-electron chi connectivity index (χ4n) is 1.97. The predicted octanol–water partition coefficient (Wildman–Crippen LogP) is 3.67. The summed E-state index contributed by atoms with van der Waals surface area (Å²) in [5.74, 6) is 0. The molecule has 0 saturated carbocycles. The van der Waals surface area contributed by atoms with Crippen molar-refractivity contribution in [3.63, 3.8) is 0 Å². The van der Waals surface area contributed by atoms with Crippen molar-refractivity contribution in [2.75, 3.05) is 12.8 Å². The van der Waals surface area contributed by atoms with Gasteiger partial charge in [0, 0.05) is 21.8 Å². The molecule has 1 unspecified atom stereocenters. The van der Waals surface area contributed by atoms with Crippen LogP contribution in [0.15, 0.2) is 35.2 Å². The number of nitrogens with zero attached hydrogens (tertiary/aromatic N) is 1. The summed E-state index contributed by atoms with van der Waals surface area (Å²) in [6, 6.07) is 8.08. The number of thiophene rings is 1. The van der Waals surface area contributed by atoms with Gasteiger partial charge in [-0.3, -0.25) is 0 Å². The number of nitrogen functional groups attached to an aromatic ring is 1. The summed E-state index contributed by atoms with van der Waals surface area (Å²) >= 11 is 7.40. The number of hydrogen-bond donors (Lipinski definition) is 1. The number of sulfonamides is 1. The Morgan fingerprint density at radius 3 is 2.48 bits per heavy atom. The Morgan fingerprint density at radius 1 is 1.29 bits per heavy atom. The number of hydrogen-bond acceptors (Lipinski definition) is 4. The molecule has 2 rings (SSSR count). The molecule has 0 saturated heterocycles. The van der Waals surface area contributed by atoms with Crippen LogP contribution in [0.5, 0.6) is 0 Å². The monoisotopic (exact) mass is 344 g/mol. The molecule has 114 valence electrons. The van der Waals surface area contributed by atoms with Gasteiger partial charge in [0.05, 0.1) is 11.7 Å². The predicted molar refractivity (Wildman–Crippen MR) is 88.3 cm³/mol. The molecule has 0 aliphatic heterocycles. The molecule has 0 amide bonds. The topological polar surface area (TPSA) is 63.4 Å². The van der Waals surface area contributed by atoms with E-state index >= 15 is 0 Å². The quantitative estimate of drug-likeness (QED) is 0.860. The fourth-order valence-corrected chi connectivity index (χ4v) is 4.63. The normalized spacial score (nSPS) is 13.6. The largest absolute Gasteiger partial charge is 0.398 e. The molecule has 4 nitrogen and oxygen atoms in total. The van der Waals surface area contributed by atoms with Crippen LogP contribution in [0, 0.1) is 6.92 Å². The molecule has 1 aromatic carbocycles. The van der Waals surface area contributed by atoms with Crippen molar-refractivity contribution in [3.8, 4) is 0 Å². The van der Waals surface area contributed by atoms with Crippen LogP contribution < -0.4 is 5.73 Å². The van der Waals surface area contributed by atoms with Crippen molar-refractivity contribution in [1.29, 1.82) is 0 Å². The molecule has 1 heterocycles. The van der Waals surface area contributed by atoms with Crippen LogP contribution in [-0.4, -0.2) is 19.8 Å². The lowest BCUT2D eigenvalue weighted by atomic mass is 10.3. The van der Waals surface area contributed by atoms with Gasteiger partial charge in [0.1, 0.15) is 4.90 Å². The van der Waals surface area contributed by atoms with Crippen molar-refractivity contribution < 1.29 is 8.42 Å². The lowest BCUT2D eigenvalue weighted by Gasteiger charge is -2.24. The second-order valence-electron chi connectivity index (χ2n) is 4.83. The van der Waals surface area contributed by atoms with Crippen LogP contribution in [0.25, 0.3) is 0 Å². The third-order valence-electron chi connectivity index (χ3n) is 3.35. The van der Waals surface area contributed by atoms with Gasteiger partial charge < -0.3 is 5.73 Å². The van der Waals surface area contributed by atoms with E-state index in [-0.39, 0.29) is 16.6 Å². The summed E-state index contributed by atoms with van der Waals surface area (Å²) in [7, 11) is -2.11. The standard InChI is InChI=1S/C14H17ClN2O2S2/c1-9-4-6-13(20-9)10(2)17(3)21(18,19)14-7-5-11(15)8-12(14)16/h4-8,10H,16H2,1-3H3. The van der Waals surface area contributed by atoms with E-state index in [0.717, 1.165) is 9.75 Å². The second kappa shape index (κ2) is 5.96. The minimum atomic E-state index is -3.67. The first kappa shape index (κ1) is 16.3. The number of rotatable bonds is 4. The minimum Gasteiger partial charge on any atom is -0.398 e. The molecule has 1 aromatic heterocycles. The second-order valence-corrected chi connectivity index (χ2v) is 8.55. The molecule has 0 fully saturated rings. The maximum absolute atomic E-state index is 12.7. The third-order valence-corrected chi connectivity index (χ3v) is 6.76. The Labute approximate surface area is 134 Å². The molecule has 2 N–H and O–H groups in total. The number of halogens is 1. The molecular formula is C14H17ClN2O2S2. The van der Waals surface area contributed by atoms with E-state index in [9.17, 15) is 8.42 Å². The zero-order chi connectivity index (χ0) is 15.8. The SMILES string of the molecule is Cc1ccc(C(C)N(C)S(=O)(=O)c2ccc(Cl)cc2N)s1. The maximum Gasteiger partial charge on any atom is 0.245 e. The van der Waals surface area contributed by atoms with Crippen molar-refractivity contribution in [3.05, 3.63) is 45.1 Å². The van der Waals surface area contributed by atoms with Crippen LogP contribution in [-0.2, 0) is 10.0 Å². The van der Waals surface area contributed by atoms with Crippen molar-refractivity contribution in [2.45, 2.75) is 24.8 Å². The van der Waals surface area contributed by atoms with E-state index in [1.807, 2.05) is 26.0 Å². The van der Waals surface area contributed by atoms with Gasteiger partial charge in [0.2, 0.25) is 10.0 Å². The Kier molecular flexibility index (Phi) is 4.63. The van der Waals surface area contributed by atoms with E-state index in [1.165, 1.54) is 22.5 Å². The zero-order valence-electron chi connectivity index (χ0n) is 12.0. The molecule has 0 bridgehead atoms. The number of anilines is 1. The summed E-state index contributed by atoms with van der Waals surface area (Å²) in [6.07, 6.45) is 0. The summed E-state index contributed by atoms with van der Waals surface area (Å²) in [6.45, 7) is 3.85. The van der Waals surface area contributed by atoms with Gasteiger partial charge in [-0.15, -0.1) is 11.3 Å². The average Bonchev–Trinajstić information content (AvgIpc) is 2.83. The van der Waals surface area contributed by atoms with Gasteiger partial charge >= 0.3 is 0 Å². The highest BCUT2D eigenvalue weighted by Crippen LogP contribution is 2.32. The van der Waals surface area contributed by atoms with E-state index in [2.05, 4.69) is 0 Å². The molecule has 0 radical (unpaired) electrons. The highest BCUT2D eigenvalue weighted by molar-refractivity contribution is 7.89. The molecule has 0 aliphatic rings. The van der Waals surface area contributed by atoms with E-state index < -0.39 is 10.0 Å². The molecule has 21 heavy (non-hydrogen) atoms. The van der Waals surface area contributed by atoms with Gasteiger partial charge in [-0.2, -0.15) is 4.31 Å². The smallest absolute Gasteiger partial charge is 0.245 e. The van der Waals surface area contributed by atoms with E-state index in [1.54, 1.807) is 18.4 Å². The van der Waals surface area contributed by atoms with Crippen LogP contribution in [0.2, 0.25) is 5.02 Å². The van der Waals surface area contributed by atoms with Gasteiger partial charge in [-0.1, -0.05) is 11.6 Å². The van der Waals surface area contributed by atoms with E-state index in [4.69, 9.17) is 17.3 Å². The van der Waals surface area contributed by atoms with Gasteiger partial charge in [0.25, 0.3) is 0 Å². The minimum absolute atomic E-state index is 0.0783. The third kappa shape index (κ3) is 3.23. The average molecular weight is 345 g/mol. The molecular weight excluding hydrogens is 328 g/mol. The van der Waals surface area contributed by atoms with Gasteiger partial charge in [-0.25, -0.2) is 8.42 Å². The summed E-state index contributed by atoms with van der Waals surface area (Å²) < 4.78 is 26.7. The number of nitrogens with two attached hydrogens (primary N) is 1.